The van der Waals surface area contributed by atoms with Gasteiger partial charge in [-0.25, -0.2) is 0 Å². The number of allylic oxidation sites excluding steroid dienone is 2. The third kappa shape index (κ3) is 24.4. The molecule has 13 atom stereocenters. The van der Waals surface area contributed by atoms with Crippen molar-refractivity contribution >= 4 is 76.5 Å². The van der Waals surface area contributed by atoms with Gasteiger partial charge in [-0.15, -0.1) is 11.8 Å². The second-order valence-electron chi connectivity index (χ2n) is 28.9. The maximum absolute atomic E-state index is 15.4. The Labute approximate surface area is 556 Å². The summed E-state index contributed by atoms with van der Waals surface area (Å²) in [6.07, 6.45) is 1.87. The molecular weight excluding hydrogens is 1200 g/mol. The molecule has 1 saturated heterocycles. The van der Waals surface area contributed by atoms with E-state index in [0.717, 1.165) is 21.6 Å². The van der Waals surface area contributed by atoms with Crippen LogP contribution in [-0.4, -0.2) is 255 Å². The lowest BCUT2D eigenvalue weighted by Gasteiger charge is -2.41. The fourth-order valence-corrected chi connectivity index (χ4v) is 13.1. The highest BCUT2D eigenvalue weighted by Gasteiger charge is 2.47. The van der Waals surface area contributed by atoms with Crippen LogP contribution in [0.1, 0.15) is 169 Å². The molecule has 4 N–H and O–H groups in total. The van der Waals surface area contributed by atoms with Crippen molar-refractivity contribution in [1.82, 2.24) is 49.8 Å². The zero-order valence-corrected chi connectivity index (χ0v) is 61.8. The number of rotatable bonds is 19. The van der Waals surface area contributed by atoms with E-state index in [0.29, 0.717) is 18.7 Å². The molecule has 92 heavy (non-hydrogen) atoms. The van der Waals surface area contributed by atoms with Crippen molar-refractivity contribution in [3.63, 3.8) is 0 Å². The van der Waals surface area contributed by atoms with Crippen LogP contribution in [0.3, 0.4) is 0 Å². The molecule has 9 amide bonds. The van der Waals surface area contributed by atoms with Crippen molar-refractivity contribution in [2.45, 2.75) is 234 Å². The molecule has 0 spiro atoms. The molecule has 24 heteroatoms. The number of thioether (sulfide) groups is 1. The molecule has 0 radical (unpaired) electrons. The van der Waals surface area contributed by atoms with Gasteiger partial charge in [0.1, 0.15) is 42.3 Å². The van der Waals surface area contributed by atoms with Crippen molar-refractivity contribution < 1.29 is 63.0 Å². The molecule has 0 aliphatic carbocycles. The van der Waals surface area contributed by atoms with E-state index in [1.165, 1.54) is 94.6 Å². The number of hydrogen-bond donors (Lipinski definition) is 4. The summed E-state index contributed by atoms with van der Waals surface area (Å²) in [4.78, 5) is 175. The molecule has 1 unspecified atom stereocenters. The number of amides is 9. The summed E-state index contributed by atoms with van der Waals surface area (Å²) < 4.78 is 0. The minimum absolute atomic E-state index is 0.0819. The van der Waals surface area contributed by atoms with Gasteiger partial charge in [0.2, 0.25) is 47.3 Å². The van der Waals surface area contributed by atoms with Crippen molar-refractivity contribution in [2.75, 3.05) is 75.7 Å². The summed E-state index contributed by atoms with van der Waals surface area (Å²) in [6, 6.07) is -10.1. The average Bonchev–Trinajstić information content (AvgIpc) is 0.830. The Kier molecular flexibility index (Phi) is 35.1. The number of aliphatic hydroxyl groups is 2. The molecular formula is C68H122N10O13S. The first kappa shape index (κ1) is 84.6. The Hall–Kier alpha value is -5.46. The lowest BCUT2D eigenvalue weighted by atomic mass is 9.86. The number of carbonyl (C=O) groups excluding carboxylic acids is 11. The lowest BCUT2D eigenvalue weighted by Crippen LogP contribution is -2.61. The second kappa shape index (κ2) is 38.2. The molecule has 528 valence electrons. The summed E-state index contributed by atoms with van der Waals surface area (Å²) in [6.45, 7) is 29.8. The molecule has 0 aromatic carbocycles. The van der Waals surface area contributed by atoms with Crippen LogP contribution in [-0.2, 0) is 52.7 Å². The van der Waals surface area contributed by atoms with Crippen LogP contribution in [0.5, 0.6) is 0 Å². The van der Waals surface area contributed by atoms with E-state index < -0.39 is 166 Å². The number of likely N-dealkylation sites (N-methyl/N-ethyl adjacent to an activating group) is 7. The largest absolute Gasteiger partial charge is 0.390 e. The van der Waals surface area contributed by atoms with Gasteiger partial charge >= 0.3 is 0 Å². The molecule has 1 aliphatic rings. The van der Waals surface area contributed by atoms with Gasteiger partial charge in [0, 0.05) is 92.7 Å². The summed E-state index contributed by atoms with van der Waals surface area (Å²) >= 11 is 1.12. The first-order valence-electron chi connectivity index (χ1n) is 33.1. The van der Waals surface area contributed by atoms with Crippen LogP contribution in [0.15, 0.2) is 12.2 Å². The number of ketones is 2. The Morgan fingerprint density at radius 1 is 0.565 bits per heavy atom. The van der Waals surface area contributed by atoms with Crippen LogP contribution >= 0.6 is 11.8 Å². The minimum Gasteiger partial charge on any atom is -0.390 e. The quantitative estimate of drug-likeness (QED) is 0.121. The summed E-state index contributed by atoms with van der Waals surface area (Å²) in [5, 5.41) is 28.0. The Morgan fingerprint density at radius 3 is 1.48 bits per heavy atom. The highest BCUT2D eigenvalue weighted by Crippen LogP contribution is 2.30. The smallest absolute Gasteiger partial charge is 0.256 e. The van der Waals surface area contributed by atoms with Crippen LogP contribution in [0.2, 0.25) is 0 Å². The zero-order chi connectivity index (χ0) is 71.5. The fraction of sp³-hybridized carbons (Fsp3) is 0.809. The molecule has 0 bridgehead atoms. The van der Waals surface area contributed by atoms with Crippen molar-refractivity contribution in [3.05, 3.63) is 12.2 Å². The normalized spacial score (nSPS) is 27.0. The monoisotopic (exact) mass is 1320 g/mol. The van der Waals surface area contributed by atoms with Crippen LogP contribution in [0.25, 0.3) is 0 Å². The third-order valence-corrected chi connectivity index (χ3v) is 18.9. The third-order valence-electron chi connectivity index (χ3n) is 17.6. The Bertz CT molecular complexity index is 2520. The highest BCUT2D eigenvalue weighted by molar-refractivity contribution is 8.00. The maximum atomic E-state index is 15.4. The second-order valence-corrected chi connectivity index (χ2v) is 30.0. The van der Waals surface area contributed by atoms with Gasteiger partial charge in [-0.2, -0.15) is 0 Å². The lowest BCUT2D eigenvalue weighted by molar-refractivity contribution is -0.157. The number of aliphatic hydroxyl groups excluding tert-OH is 1. The van der Waals surface area contributed by atoms with Gasteiger partial charge in [-0.3, -0.25) is 52.7 Å². The predicted molar refractivity (Wildman–Crippen MR) is 362 cm³/mol. The molecule has 1 aliphatic heterocycles. The molecule has 1 fully saturated rings. The van der Waals surface area contributed by atoms with Gasteiger partial charge in [0.05, 0.1) is 17.7 Å². The summed E-state index contributed by atoms with van der Waals surface area (Å²) in [5.41, 5.74) is -1.57. The molecule has 0 saturated carbocycles. The van der Waals surface area contributed by atoms with Crippen LogP contribution in [0.4, 0.5) is 0 Å². The van der Waals surface area contributed by atoms with Gasteiger partial charge in [0.25, 0.3) is 5.91 Å². The zero-order valence-electron chi connectivity index (χ0n) is 61.0. The van der Waals surface area contributed by atoms with E-state index in [9.17, 15) is 34.2 Å². The van der Waals surface area contributed by atoms with E-state index in [2.05, 4.69) is 10.6 Å². The van der Waals surface area contributed by atoms with Gasteiger partial charge < -0.3 is 60.0 Å². The van der Waals surface area contributed by atoms with E-state index in [1.807, 2.05) is 73.5 Å². The van der Waals surface area contributed by atoms with Gasteiger partial charge in [-0.05, 0) is 109 Å². The maximum Gasteiger partial charge on any atom is 0.256 e. The van der Waals surface area contributed by atoms with E-state index >= 15 is 28.8 Å². The fourth-order valence-electron chi connectivity index (χ4n) is 11.7. The number of hydrogen-bond acceptors (Lipinski definition) is 15. The standard InChI is InChI=1S/C68H122N10O13S/c1-27-29-30-44(13)57(81)56-53(80)37-47(28-2)61(85)78(26)67(92-32-31-71(18)19)66(90)75(23)51(38-68(16,17)91)59(83)70-54(42(9)10)64(88)72(20)48(33-39(3)4)58(82)69-46(15)52(79)36-45(14)60(84)73(21)49(34-40(5)6)62(86)74(22)50(35-41(7)8)63(87)76(24)55(43(11)12)65(89)77(56)25/h27,29,39-51,54-57,67,81,91H,28,30-38H2,1-26H3,(H,69,82)(H,70,83)/b29-27+/t44-,45+,46+,47-,48+,49+,50+,51+,54+,55+,56-,57-,67?/m1/s1. The number of Topliss-reactive ketones (excluding diaryl/α,β-unsaturated/α-hetero) is 2. The van der Waals surface area contributed by atoms with Crippen molar-refractivity contribution in [3.8, 4) is 0 Å². The first-order valence-corrected chi connectivity index (χ1v) is 34.2. The first-order chi connectivity index (χ1) is 42.3. The number of nitrogens with zero attached hydrogens (tertiary/aromatic N) is 8. The summed E-state index contributed by atoms with van der Waals surface area (Å²) in [5.74, 6) is -11.0. The Balaban J connectivity index is 4.55. The SMILES string of the molecule is C/C=C/C[C@@H](C)[C@@H](O)[C@H]1C(=O)C[C@@H](CC)C(=O)N(C)C(SCCN(C)C)C(=O)N(C)[C@@H](CC(C)(C)O)C(=O)N[C@@H](C(C)C)C(=O)N(C)[C@@H](CC(C)C)C(=O)N[C@@H](C)C(=O)C[C@H](C)C(=O)N(C)[C@@H](CC(C)C)C(=O)N(C)[C@@H](CC(C)C)C(=O)N(C)[C@@H](C(C)C)C(=O)N1C. The van der Waals surface area contributed by atoms with Crippen LogP contribution in [0, 0.1) is 47.3 Å². The average molecular weight is 1320 g/mol. The Morgan fingerprint density at radius 2 is 1.02 bits per heavy atom. The van der Waals surface area contributed by atoms with Crippen LogP contribution < -0.4 is 10.6 Å². The predicted octanol–water partition coefficient (Wildman–Crippen LogP) is 5.19. The van der Waals surface area contributed by atoms with Crippen molar-refractivity contribution in [1.29, 1.82) is 0 Å². The van der Waals surface area contributed by atoms with Crippen molar-refractivity contribution in [2.24, 2.45) is 47.3 Å². The molecule has 1 rings (SSSR count). The molecule has 23 nitrogen and oxygen atoms in total. The number of carbonyl (C=O) groups is 11. The van der Waals surface area contributed by atoms with E-state index in [-0.39, 0.29) is 56.3 Å². The number of nitrogens with one attached hydrogen (secondary N) is 2. The highest BCUT2D eigenvalue weighted by atomic mass is 32.2. The minimum atomic E-state index is -1.57. The molecule has 0 aromatic heterocycles. The van der Waals surface area contributed by atoms with E-state index in [4.69, 9.17) is 0 Å². The molecule has 0 aromatic rings. The molecule has 1 heterocycles. The van der Waals surface area contributed by atoms with Gasteiger partial charge in [0.15, 0.2) is 16.9 Å². The van der Waals surface area contributed by atoms with Gasteiger partial charge in [-0.1, -0.05) is 102 Å². The topological polar surface area (TPSA) is 278 Å². The summed E-state index contributed by atoms with van der Waals surface area (Å²) in [7, 11) is 13.7. The van der Waals surface area contributed by atoms with E-state index in [1.54, 1.807) is 54.5 Å².